The number of pyridine rings is 1. The molecule has 0 amide bonds. The Morgan fingerprint density at radius 2 is 2.03 bits per heavy atom. The van der Waals surface area contributed by atoms with Crippen molar-refractivity contribution in [3.05, 3.63) is 65.9 Å². The Balaban J connectivity index is 1.62. The van der Waals surface area contributed by atoms with Crippen LogP contribution in [0.3, 0.4) is 0 Å². The third-order valence-electron chi connectivity index (χ3n) is 7.41. The summed E-state index contributed by atoms with van der Waals surface area (Å²) in [5.41, 5.74) is 2.69. The minimum Gasteiger partial charge on any atom is -0.497 e. The lowest BCUT2D eigenvalue weighted by Crippen LogP contribution is -2.57. The molecule has 7 heteroatoms. The van der Waals surface area contributed by atoms with E-state index < -0.39 is 10.0 Å². The Morgan fingerprint density at radius 3 is 2.73 bits per heavy atom. The van der Waals surface area contributed by atoms with E-state index in [1.54, 1.807) is 31.5 Å². The molecule has 3 aliphatic rings. The summed E-state index contributed by atoms with van der Waals surface area (Å²) >= 11 is 0. The lowest BCUT2D eigenvalue weighted by molar-refractivity contribution is -0.00495. The van der Waals surface area contributed by atoms with E-state index in [1.165, 1.54) is 6.42 Å². The highest BCUT2D eigenvalue weighted by molar-refractivity contribution is 7.89. The Hall–Kier alpha value is -2.48. The van der Waals surface area contributed by atoms with Crippen LogP contribution in [0, 0.1) is 18.8 Å². The molecule has 3 aromatic rings. The number of hydrogen-bond donors (Lipinski definition) is 1. The molecule has 0 saturated carbocycles. The van der Waals surface area contributed by atoms with Crippen LogP contribution in [0.25, 0.3) is 10.9 Å². The molecule has 0 aliphatic carbocycles. The number of ether oxygens (including phenoxy) is 1. The number of hydrogen-bond acceptors (Lipinski definition) is 5. The van der Waals surface area contributed by atoms with Gasteiger partial charge < -0.3 is 4.74 Å². The van der Waals surface area contributed by atoms with Gasteiger partial charge in [0, 0.05) is 24.2 Å². The highest BCUT2D eigenvalue weighted by Gasteiger charge is 2.43. The van der Waals surface area contributed by atoms with Gasteiger partial charge in [-0.2, -0.15) is 0 Å². The zero-order chi connectivity index (χ0) is 23.2. The van der Waals surface area contributed by atoms with E-state index in [0.29, 0.717) is 16.7 Å². The van der Waals surface area contributed by atoms with Crippen LogP contribution in [0.4, 0.5) is 0 Å². The molecule has 3 fully saturated rings. The number of sulfonamides is 1. The average Bonchev–Trinajstić information content (AvgIpc) is 2.82. The molecule has 1 aromatic heterocycles. The second-order valence-corrected chi connectivity index (χ2v) is 11.2. The van der Waals surface area contributed by atoms with Crippen molar-refractivity contribution in [1.82, 2.24) is 14.6 Å². The van der Waals surface area contributed by atoms with Gasteiger partial charge in [-0.05, 0) is 85.7 Å². The first-order valence-corrected chi connectivity index (χ1v) is 13.1. The summed E-state index contributed by atoms with van der Waals surface area (Å²) < 4.78 is 35.7. The van der Waals surface area contributed by atoms with Crippen LogP contribution >= 0.6 is 0 Å². The molecule has 0 spiro atoms. The van der Waals surface area contributed by atoms with Crippen LogP contribution in [-0.2, 0) is 10.0 Å². The van der Waals surface area contributed by atoms with E-state index >= 15 is 0 Å². The van der Waals surface area contributed by atoms with E-state index in [0.717, 1.165) is 47.3 Å². The summed E-state index contributed by atoms with van der Waals surface area (Å²) in [7, 11) is -2.08. The predicted molar refractivity (Wildman–Crippen MR) is 130 cm³/mol. The molecule has 2 bridgehead atoms. The average molecular weight is 466 g/mol. The number of nitrogens with zero attached hydrogens (tertiary/aromatic N) is 2. The molecule has 0 radical (unpaired) electrons. The standard InChI is InChI=1S/C26H31N3O3S/c1-17-5-4-6-21(13-17)33(30,31)28-26(25-14-19-10-12-29(25)16-18(19)2)22-9-11-27-24-8-7-20(32-3)15-23(22)24/h4-9,11,13,15,18-19,25-26,28H,10,12,14,16H2,1-3H3/t18?,19?,25-,26-/m0/s1. The quantitative estimate of drug-likeness (QED) is 0.588. The first kappa shape index (κ1) is 22.3. The summed E-state index contributed by atoms with van der Waals surface area (Å²) in [6, 6.07) is 14.5. The molecule has 5 atom stereocenters. The molecule has 6 nitrogen and oxygen atoms in total. The predicted octanol–water partition coefficient (Wildman–Crippen LogP) is 4.30. The van der Waals surface area contributed by atoms with Crippen LogP contribution in [0.15, 0.2) is 59.6 Å². The van der Waals surface area contributed by atoms with Crippen LogP contribution in [-0.4, -0.2) is 44.5 Å². The number of nitrogens with one attached hydrogen (secondary N) is 1. The monoisotopic (exact) mass is 465 g/mol. The maximum absolute atomic E-state index is 13.6. The topological polar surface area (TPSA) is 71.5 Å². The smallest absolute Gasteiger partial charge is 0.241 e. The third kappa shape index (κ3) is 4.25. The van der Waals surface area contributed by atoms with E-state index in [9.17, 15) is 8.42 Å². The Bertz CT molecular complexity index is 1280. The van der Waals surface area contributed by atoms with Crippen molar-refractivity contribution in [2.45, 2.75) is 43.7 Å². The molecule has 3 aliphatic heterocycles. The fourth-order valence-corrected chi connectivity index (χ4v) is 6.95. The fourth-order valence-electron chi connectivity index (χ4n) is 5.60. The normalized spacial score (nSPS) is 25.8. The highest BCUT2D eigenvalue weighted by Crippen LogP contribution is 2.42. The van der Waals surface area contributed by atoms with Gasteiger partial charge in [0.2, 0.25) is 10.0 Å². The molecule has 33 heavy (non-hydrogen) atoms. The summed E-state index contributed by atoms with van der Waals surface area (Å²) in [5.74, 6) is 1.99. The molecule has 3 unspecified atom stereocenters. The van der Waals surface area contributed by atoms with Gasteiger partial charge in [-0.1, -0.05) is 19.1 Å². The van der Waals surface area contributed by atoms with Crippen molar-refractivity contribution in [2.75, 3.05) is 20.2 Å². The van der Waals surface area contributed by atoms with Crippen molar-refractivity contribution in [2.24, 2.45) is 11.8 Å². The Kier molecular flexibility index (Phi) is 5.89. The molecule has 1 N–H and O–H groups in total. The SMILES string of the molecule is COc1ccc2nccc([C@H](NS(=O)(=O)c3cccc(C)c3)[C@@H]3CC4CCN3CC4C)c2c1. The number of methoxy groups -OCH3 is 1. The van der Waals surface area contributed by atoms with Gasteiger partial charge in [0.15, 0.2) is 0 Å². The summed E-state index contributed by atoms with van der Waals surface area (Å²) in [6.45, 7) is 6.23. The number of aromatic nitrogens is 1. The van der Waals surface area contributed by atoms with Crippen molar-refractivity contribution >= 4 is 20.9 Å². The van der Waals surface area contributed by atoms with Crippen LogP contribution in [0.2, 0.25) is 0 Å². The van der Waals surface area contributed by atoms with Gasteiger partial charge >= 0.3 is 0 Å². The van der Waals surface area contributed by atoms with Crippen molar-refractivity contribution < 1.29 is 13.2 Å². The highest BCUT2D eigenvalue weighted by atomic mass is 32.2. The molecule has 3 saturated heterocycles. The Labute approximate surface area is 196 Å². The van der Waals surface area contributed by atoms with Gasteiger partial charge in [0.1, 0.15) is 5.75 Å². The second-order valence-electron chi connectivity index (χ2n) is 9.52. The summed E-state index contributed by atoms with van der Waals surface area (Å²) in [6.07, 6.45) is 3.94. The largest absolute Gasteiger partial charge is 0.497 e. The molecular weight excluding hydrogens is 434 g/mol. The number of aryl methyl sites for hydroxylation is 1. The second kappa shape index (κ2) is 8.70. The first-order chi connectivity index (χ1) is 15.9. The number of piperidine rings is 3. The maximum Gasteiger partial charge on any atom is 0.241 e. The summed E-state index contributed by atoms with van der Waals surface area (Å²) in [4.78, 5) is 7.30. The zero-order valence-electron chi connectivity index (χ0n) is 19.4. The van der Waals surface area contributed by atoms with Gasteiger partial charge in [-0.25, -0.2) is 13.1 Å². The van der Waals surface area contributed by atoms with Gasteiger partial charge in [-0.3, -0.25) is 9.88 Å². The zero-order valence-corrected chi connectivity index (χ0v) is 20.2. The van der Waals surface area contributed by atoms with Crippen LogP contribution in [0.5, 0.6) is 5.75 Å². The van der Waals surface area contributed by atoms with Crippen LogP contribution in [0.1, 0.15) is 36.9 Å². The lowest BCUT2D eigenvalue weighted by atomic mass is 9.74. The molecule has 2 aromatic carbocycles. The van der Waals surface area contributed by atoms with Gasteiger partial charge in [-0.15, -0.1) is 0 Å². The van der Waals surface area contributed by atoms with E-state index in [-0.39, 0.29) is 12.1 Å². The van der Waals surface area contributed by atoms with E-state index in [2.05, 4.69) is 21.5 Å². The fraction of sp³-hybridized carbons (Fsp3) is 0.423. The number of benzene rings is 2. The van der Waals surface area contributed by atoms with Crippen LogP contribution < -0.4 is 9.46 Å². The third-order valence-corrected chi connectivity index (χ3v) is 8.85. The lowest BCUT2D eigenvalue weighted by Gasteiger charge is -2.51. The molecule has 174 valence electrons. The first-order valence-electron chi connectivity index (χ1n) is 11.6. The van der Waals surface area contributed by atoms with E-state index in [4.69, 9.17) is 4.74 Å². The minimum absolute atomic E-state index is 0.0938. The van der Waals surface area contributed by atoms with Crippen molar-refractivity contribution in [3.63, 3.8) is 0 Å². The maximum atomic E-state index is 13.6. The van der Waals surface area contributed by atoms with Gasteiger partial charge in [0.25, 0.3) is 0 Å². The number of rotatable bonds is 6. The van der Waals surface area contributed by atoms with Crippen molar-refractivity contribution in [3.8, 4) is 5.75 Å². The summed E-state index contributed by atoms with van der Waals surface area (Å²) in [5, 5.41) is 0.921. The van der Waals surface area contributed by atoms with Crippen molar-refractivity contribution in [1.29, 1.82) is 0 Å². The molecular formula is C26H31N3O3S. The van der Waals surface area contributed by atoms with Gasteiger partial charge in [0.05, 0.1) is 23.6 Å². The van der Waals surface area contributed by atoms with E-state index in [1.807, 2.05) is 37.3 Å². The number of fused-ring (bicyclic) bond motifs is 4. The minimum atomic E-state index is -3.72. The molecule has 6 rings (SSSR count). The Morgan fingerprint density at radius 1 is 1.18 bits per heavy atom. The molecule has 4 heterocycles.